The molecule has 0 radical (unpaired) electrons. The molecular weight excluding hydrogens is 162 g/mol. The summed E-state index contributed by atoms with van der Waals surface area (Å²) >= 11 is 0. The lowest BCUT2D eigenvalue weighted by Crippen LogP contribution is -2.15. The first-order valence-electron chi connectivity index (χ1n) is 4.83. The van der Waals surface area contributed by atoms with Gasteiger partial charge in [-0.1, -0.05) is 31.2 Å². The summed E-state index contributed by atoms with van der Waals surface area (Å²) in [6.45, 7) is 6.51. The van der Waals surface area contributed by atoms with Crippen molar-refractivity contribution in [1.82, 2.24) is 10.6 Å². The van der Waals surface area contributed by atoms with Gasteiger partial charge in [-0.25, -0.2) is 0 Å². The molecule has 0 saturated heterocycles. The molecule has 0 aromatic heterocycles. The molecule has 0 bridgehead atoms. The minimum Gasteiger partial charge on any atom is -0.327 e. The molecule has 3 nitrogen and oxygen atoms in total. The lowest BCUT2D eigenvalue weighted by atomic mass is 10.4. The van der Waals surface area contributed by atoms with Crippen LogP contribution in [0, 0.1) is 0 Å². The summed E-state index contributed by atoms with van der Waals surface area (Å²) in [6.07, 6.45) is 8.25. The zero-order chi connectivity index (χ0) is 9.78. The van der Waals surface area contributed by atoms with Crippen molar-refractivity contribution in [3.63, 3.8) is 0 Å². The van der Waals surface area contributed by atoms with Crippen LogP contribution in [0.3, 0.4) is 0 Å². The SMILES string of the molecule is CCNC/C=C\CNC/C=C\CN. The first-order chi connectivity index (χ1) is 6.41. The normalized spacial score (nSPS) is 11.8. The van der Waals surface area contributed by atoms with E-state index in [2.05, 4.69) is 29.7 Å². The predicted molar refractivity (Wildman–Crippen MR) is 58.7 cm³/mol. The molecule has 0 saturated carbocycles. The van der Waals surface area contributed by atoms with E-state index in [-0.39, 0.29) is 0 Å². The Hall–Kier alpha value is -0.640. The van der Waals surface area contributed by atoms with E-state index in [0.717, 1.165) is 26.2 Å². The van der Waals surface area contributed by atoms with Crippen LogP contribution in [0.15, 0.2) is 24.3 Å². The van der Waals surface area contributed by atoms with E-state index in [0.29, 0.717) is 6.54 Å². The van der Waals surface area contributed by atoms with E-state index in [9.17, 15) is 0 Å². The zero-order valence-corrected chi connectivity index (χ0v) is 8.42. The highest BCUT2D eigenvalue weighted by Gasteiger charge is 1.77. The third-order valence-electron chi connectivity index (χ3n) is 1.51. The summed E-state index contributed by atoms with van der Waals surface area (Å²) < 4.78 is 0. The second kappa shape index (κ2) is 11.4. The molecule has 0 aromatic rings. The smallest absolute Gasteiger partial charge is 0.0138 e. The number of likely N-dealkylation sites (N-methyl/N-ethyl adjacent to an activating group) is 1. The average molecular weight is 183 g/mol. The molecule has 4 N–H and O–H groups in total. The number of nitrogens with one attached hydrogen (secondary N) is 2. The highest BCUT2D eigenvalue weighted by atomic mass is 14.8. The van der Waals surface area contributed by atoms with Crippen molar-refractivity contribution < 1.29 is 0 Å². The third-order valence-corrected chi connectivity index (χ3v) is 1.51. The predicted octanol–water partition coefficient (Wildman–Crippen LogP) is 0.257. The highest BCUT2D eigenvalue weighted by Crippen LogP contribution is 1.71. The molecule has 0 fully saturated rings. The van der Waals surface area contributed by atoms with Gasteiger partial charge in [-0.05, 0) is 6.54 Å². The lowest BCUT2D eigenvalue weighted by Gasteiger charge is -1.95. The Morgan fingerprint density at radius 3 is 2.00 bits per heavy atom. The van der Waals surface area contributed by atoms with Gasteiger partial charge in [0.25, 0.3) is 0 Å². The second-order valence-corrected chi connectivity index (χ2v) is 2.64. The van der Waals surface area contributed by atoms with Crippen LogP contribution in [0.4, 0.5) is 0 Å². The molecule has 0 heterocycles. The maximum absolute atomic E-state index is 5.29. The van der Waals surface area contributed by atoms with Gasteiger partial charge in [-0.3, -0.25) is 0 Å². The van der Waals surface area contributed by atoms with Gasteiger partial charge in [0.2, 0.25) is 0 Å². The summed E-state index contributed by atoms with van der Waals surface area (Å²) in [5.41, 5.74) is 5.29. The van der Waals surface area contributed by atoms with E-state index in [4.69, 9.17) is 5.73 Å². The van der Waals surface area contributed by atoms with Gasteiger partial charge in [-0.2, -0.15) is 0 Å². The Morgan fingerprint density at radius 1 is 0.923 bits per heavy atom. The van der Waals surface area contributed by atoms with Crippen LogP contribution in [0.2, 0.25) is 0 Å². The van der Waals surface area contributed by atoms with Crippen LogP contribution in [-0.4, -0.2) is 32.7 Å². The number of hydrogen-bond donors (Lipinski definition) is 3. The molecule has 3 heteroatoms. The van der Waals surface area contributed by atoms with Crippen molar-refractivity contribution in [2.24, 2.45) is 5.73 Å². The van der Waals surface area contributed by atoms with E-state index in [1.807, 2.05) is 12.2 Å². The largest absolute Gasteiger partial charge is 0.327 e. The number of hydrogen-bond acceptors (Lipinski definition) is 3. The standard InChI is InChI=1S/C10H21N3/c1-2-12-8-5-6-10-13-9-4-3-7-11/h3-6,12-13H,2,7-11H2,1H3/b4-3-,6-5-. The maximum Gasteiger partial charge on any atom is 0.0138 e. The molecule has 0 aliphatic rings. The maximum atomic E-state index is 5.29. The zero-order valence-electron chi connectivity index (χ0n) is 8.42. The lowest BCUT2D eigenvalue weighted by molar-refractivity contribution is 0.791. The fraction of sp³-hybridized carbons (Fsp3) is 0.600. The molecule has 0 aromatic carbocycles. The van der Waals surface area contributed by atoms with E-state index in [1.165, 1.54) is 0 Å². The van der Waals surface area contributed by atoms with Gasteiger partial charge in [0.15, 0.2) is 0 Å². The van der Waals surface area contributed by atoms with E-state index in [1.54, 1.807) is 0 Å². The monoisotopic (exact) mass is 183 g/mol. The molecule has 0 unspecified atom stereocenters. The summed E-state index contributed by atoms with van der Waals surface area (Å²) in [5, 5.41) is 6.45. The second-order valence-electron chi connectivity index (χ2n) is 2.64. The highest BCUT2D eigenvalue weighted by molar-refractivity contribution is 4.89. The van der Waals surface area contributed by atoms with Crippen LogP contribution in [-0.2, 0) is 0 Å². The van der Waals surface area contributed by atoms with Crippen LogP contribution in [0.5, 0.6) is 0 Å². The summed E-state index contributed by atoms with van der Waals surface area (Å²) in [4.78, 5) is 0. The van der Waals surface area contributed by atoms with Crippen LogP contribution < -0.4 is 16.4 Å². The van der Waals surface area contributed by atoms with E-state index >= 15 is 0 Å². The minimum absolute atomic E-state index is 0.623. The van der Waals surface area contributed by atoms with Crippen molar-refractivity contribution in [2.45, 2.75) is 6.92 Å². The van der Waals surface area contributed by atoms with Crippen molar-refractivity contribution >= 4 is 0 Å². The van der Waals surface area contributed by atoms with Gasteiger partial charge in [0, 0.05) is 26.2 Å². The summed E-state index contributed by atoms with van der Waals surface area (Å²) in [6, 6.07) is 0. The Morgan fingerprint density at radius 2 is 1.46 bits per heavy atom. The van der Waals surface area contributed by atoms with Crippen LogP contribution in [0.25, 0.3) is 0 Å². The first-order valence-corrected chi connectivity index (χ1v) is 4.83. The summed E-state index contributed by atoms with van der Waals surface area (Å²) in [5.74, 6) is 0. The van der Waals surface area contributed by atoms with Gasteiger partial charge >= 0.3 is 0 Å². The van der Waals surface area contributed by atoms with Crippen molar-refractivity contribution in [3.8, 4) is 0 Å². The van der Waals surface area contributed by atoms with Crippen LogP contribution in [0.1, 0.15) is 6.92 Å². The molecule has 0 atom stereocenters. The molecular formula is C10H21N3. The minimum atomic E-state index is 0.623. The van der Waals surface area contributed by atoms with Gasteiger partial charge < -0.3 is 16.4 Å². The molecule has 0 aliphatic carbocycles. The Balaban J connectivity index is 3.06. The van der Waals surface area contributed by atoms with Crippen molar-refractivity contribution in [2.75, 3.05) is 32.7 Å². The Bertz CT molecular complexity index is 141. The van der Waals surface area contributed by atoms with Crippen LogP contribution >= 0.6 is 0 Å². The summed E-state index contributed by atoms with van der Waals surface area (Å²) in [7, 11) is 0. The molecule has 76 valence electrons. The van der Waals surface area contributed by atoms with Gasteiger partial charge in [-0.15, -0.1) is 0 Å². The third kappa shape index (κ3) is 11.4. The number of rotatable bonds is 8. The van der Waals surface area contributed by atoms with Gasteiger partial charge in [0.05, 0.1) is 0 Å². The Kier molecular flexibility index (Phi) is 10.8. The molecule has 0 rings (SSSR count). The molecule has 0 amide bonds. The fourth-order valence-electron chi connectivity index (χ4n) is 0.824. The van der Waals surface area contributed by atoms with Gasteiger partial charge in [0.1, 0.15) is 0 Å². The van der Waals surface area contributed by atoms with Crippen molar-refractivity contribution in [1.29, 1.82) is 0 Å². The first kappa shape index (κ1) is 12.4. The molecule has 0 spiro atoms. The Labute approximate surface area is 81.1 Å². The molecule has 0 aliphatic heterocycles. The topological polar surface area (TPSA) is 50.1 Å². The van der Waals surface area contributed by atoms with Crippen molar-refractivity contribution in [3.05, 3.63) is 24.3 Å². The average Bonchev–Trinajstić information content (AvgIpc) is 2.16. The fourth-order valence-corrected chi connectivity index (χ4v) is 0.824. The quantitative estimate of drug-likeness (QED) is 0.374. The van der Waals surface area contributed by atoms with E-state index < -0.39 is 0 Å². The molecule has 13 heavy (non-hydrogen) atoms. The number of nitrogens with two attached hydrogens (primary N) is 1.